The molecule has 2 N–H and O–H groups in total. The lowest BCUT2D eigenvalue weighted by Crippen LogP contribution is -1.93. The molecule has 0 bridgehead atoms. The number of aromatic nitrogens is 1. The molecule has 0 amide bonds. The van der Waals surface area contributed by atoms with Gasteiger partial charge < -0.3 is 9.52 Å². The third kappa shape index (κ3) is 3.35. The number of rotatable bonds is 5. The van der Waals surface area contributed by atoms with Crippen LogP contribution >= 0.6 is 0 Å². The van der Waals surface area contributed by atoms with Crippen molar-refractivity contribution in [2.75, 3.05) is 5.43 Å². The zero-order chi connectivity index (χ0) is 14.5. The minimum atomic E-state index is -0.0590. The Hall–Kier alpha value is -2.82. The van der Waals surface area contributed by atoms with Crippen LogP contribution in [0.15, 0.2) is 69.9 Å². The van der Waals surface area contributed by atoms with E-state index in [9.17, 15) is 0 Å². The third-order valence-electron chi connectivity index (χ3n) is 2.47. The largest absolute Gasteiger partial charge is 0.509 e. The van der Waals surface area contributed by atoms with Gasteiger partial charge >= 0.3 is 6.01 Å². The minimum Gasteiger partial charge on any atom is -0.509 e. The van der Waals surface area contributed by atoms with Gasteiger partial charge in [-0.15, -0.1) is 0 Å². The van der Waals surface area contributed by atoms with Crippen molar-refractivity contribution in [3.63, 3.8) is 0 Å². The Morgan fingerprint density at radius 1 is 1.40 bits per heavy atom. The van der Waals surface area contributed by atoms with Gasteiger partial charge in [-0.3, -0.25) is 0 Å². The molecular formula is C15H15N3O2. The summed E-state index contributed by atoms with van der Waals surface area (Å²) in [6.07, 6.45) is 2.98. The second kappa shape index (κ2) is 5.88. The number of nitrogens with one attached hydrogen (secondary N) is 1. The molecule has 0 unspecified atom stereocenters. The minimum absolute atomic E-state index is 0.0590. The first-order chi connectivity index (χ1) is 9.56. The van der Waals surface area contributed by atoms with Gasteiger partial charge in [-0.05, 0) is 30.7 Å². The fraction of sp³-hybridized carbons (Fsp3) is 0.0667. The molecule has 1 aromatic carbocycles. The van der Waals surface area contributed by atoms with Crippen LogP contribution in [0.5, 0.6) is 0 Å². The van der Waals surface area contributed by atoms with Crippen molar-refractivity contribution in [3.8, 4) is 0 Å². The van der Waals surface area contributed by atoms with Crippen molar-refractivity contribution < 1.29 is 9.52 Å². The number of nitrogens with zero attached hydrogens (tertiary/aromatic N) is 2. The number of para-hydroxylation sites is 2. The number of benzene rings is 1. The molecule has 5 nitrogen and oxygen atoms in total. The number of aliphatic hydroxyl groups is 1. The van der Waals surface area contributed by atoms with E-state index in [2.05, 4.69) is 28.7 Å². The number of hydrazone groups is 1. The maximum Gasteiger partial charge on any atom is 0.316 e. The Morgan fingerprint density at radius 2 is 2.15 bits per heavy atom. The van der Waals surface area contributed by atoms with E-state index in [1.165, 1.54) is 12.3 Å². The summed E-state index contributed by atoms with van der Waals surface area (Å²) in [5, 5.41) is 13.2. The Labute approximate surface area is 116 Å². The molecule has 0 radical (unpaired) electrons. The lowest BCUT2D eigenvalue weighted by atomic mass is 10.1. The van der Waals surface area contributed by atoms with Gasteiger partial charge in [0.05, 0.1) is 6.21 Å². The summed E-state index contributed by atoms with van der Waals surface area (Å²) in [6, 6.07) is 7.73. The molecule has 0 atom stereocenters. The smallest absolute Gasteiger partial charge is 0.316 e. The molecule has 0 aliphatic carbocycles. The second-order valence-corrected chi connectivity index (χ2v) is 4.23. The van der Waals surface area contributed by atoms with E-state index in [1.54, 1.807) is 6.92 Å². The summed E-state index contributed by atoms with van der Waals surface area (Å²) in [7, 11) is 0. The Bertz CT molecular complexity index is 678. The maximum atomic E-state index is 9.16. The highest BCUT2D eigenvalue weighted by Crippen LogP contribution is 2.17. The predicted molar refractivity (Wildman–Crippen MR) is 80.8 cm³/mol. The molecule has 0 aliphatic heterocycles. The Kier molecular flexibility index (Phi) is 4.00. The highest BCUT2D eigenvalue weighted by atomic mass is 16.4. The molecule has 2 rings (SSSR count). The summed E-state index contributed by atoms with van der Waals surface area (Å²) in [5.41, 5.74) is 5.54. The molecule has 0 saturated heterocycles. The van der Waals surface area contributed by atoms with Crippen molar-refractivity contribution in [2.45, 2.75) is 6.92 Å². The summed E-state index contributed by atoms with van der Waals surface area (Å²) in [6.45, 7) is 8.99. The molecule has 102 valence electrons. The normalized spacial score (nSPS) is 11.9. The van der Waals surface area contributed by atoms with Crippen LogP contribution in [0.25, 0.3) is 11.1 Å². The van der Waals surface area contributed by atoms with Gasteiger partial charge in [-0.2, -0.15) is 10.1 Å². The first kappa shape index (κ1) is 13.6. The highest BCUT2D eigenvalue weighted by Gasteiger charge is 2.02. The first-order valence-corrected chi connectivity index (χ1v) is 5.96. The number of aliphatic hydroxyl groups excluding tert-OH is 1. The van der Waals surface area contributed by atoms with E-state index in [0.717, 1.165) is 11.1 Å². The fourth-order valence-electron chi connectivity index (χ4n) is 1.53. The average Bonchev–Trinajstić information content (AvgIpc) is 2.79. The number of hydrogen-bond acceptors (Lipinski definition) is 5. The van der Waals surface area contributed by atoms with Crippen molar-refractivity contribution in [3.05, 3.63) is 60.4 Å². The lowest BCUT2D eigenvalue weighted by molar-refractivity contribution is 0.435. The van der Waals surface area contributed by atoms with Crippen LogP contribution in [0.1, 0.15) is 6.92 Å². The Morgan fingerprint density at radius 3 is 2.80 bits per heavy atom. The van der Waals surface area contributed by atoms with E-state index in [0.29, 0.717) is 17.2 Å². The fourth-order valence-corrected chi connectivity index (χ4v) is 1.53. The SMILES string of the molecule is C=C(O)/C=C(/C=NNc1nc2ccccc2o1)C(=C)C. The van der Waals surface area contributed by atoms with Crippen molar-refractivity contribution >= 4 is 23.3 Å². The molecule has 0 fully saturated rings. The van der Waals surface area contributed by atoms with E-state index < -0.39 is 0 Å². The van der Waals surface area contributed by atoms with E-state index >= 15 is 0 Å². The zero-order valence-corrected chi connectivity index (χ0v) is 11.1. The van der Waals surface area contributed by atoms with Gasteiger partial charge in [0.25, 0.3) is 0 Å². The standard InChI is InChI=1S/C15H15N3O2/c1-10(2)12(8-11(3)19)9-16-18-15-17-13-6-4-5-7-14(13)20-15/h4-9,19H,1,3H2,2H3,(H,17,18)/b12-8-,16-9?. The molecule has 0 saturated carbocycles. The van der Waals surface area contributed by atoms with Crippen LogP contribution in [0.2, 0.25) is 0 Å². The summed E-state index contributed by atoms with van der Waals surface area (Å²) in [4.78, 5) is 4.22. The van der Waals surface area contributed by atoms with Crippen LogP contribution < -0.4 is 5.43 Å². The second-order valence-electron chi connectivity index (χ2n) is 4.23. The van der Waals surface area contributed by atoms with Crippen molar-refractivity contribution in [2.24, 2.45) is 5.10 Å². The quantitative estimate of drug-likeness (QED) is 0.375. The molecule has 0 spiro atoms. The van der Waals surface area contributed by atoms with E-state index in [1.807, 2.05) is 24.3 Å². The van der Waals surface area contributed by atoms with Crippen LogP contribution in [0, 0.1) is 0 Å². The number of allylic oxidation sites excluding steroid dienone is 3. The highest BCUT2D eigenvalue weighted by molar-refractivity contribution is 5.85. The van der Waals surface area contributed by atoms with Gasteiger partial charge in [-0.25, -0.2) is 5.43 Å². The Balaban J connectivity index is 2.12. The monoisotopic (exact) mass is 269 g/mol. The van der Waals surface area contributed by atoms with Gasteiger partial charge in [0.2, 0.25) is 0 Å². The van der Waals surface area contributed by atoms with E-state index in [-0.39, 0.29) is 5.76 Å². The molecule has 1 aromatic heterocycles. The number of oxazole rings is 1. The maximum absolute atomic E-state index is 9.16. The van der Waals surface area contributed by atoms with E-state index in [4.69, 9.17) is 9.52 Å². The molecule has 2 aromatic rings. The van der Waals surface area contributed by atoms with Crippen molar-refractivity contribution in [1.82, 2.24) is 4.98 Å². The predicted octanol–water partition coefficient (Wildman–Crippen LogP) is 3.80. The third-order valence-corrected chi connectivity index (χ3v) is 2.47. The number of fused-ring (bicyclic) bond motifs is 1. The topological polar surface area (TPSA) is 70.7 Å². The van der Waals surface area contributed by atoms with Crippen molar-refractivity contribution in [1.29, 1.82) is 0 Å². The van der Waals surface area contributed by atoms with Gasteiger partial charge in [0.1, 0.15) is 11.3 Å². The molecule has 1 heterocycles. The molecule has 5 heteroatoms. The molecule has 20 heavy (non-hydrogen) atoms. The summed E-state index contributed by atoms with van der Waals surface area (Å²) < 4.78 is 5.45. The number of hydrogen-bond donors (Lipinski definition) is 2. The van der Waals surface area contributed by atoms with Gasteiger partial charge in [0, 0.05) is 5.57 Å². The molecular weight excluding hydrogens is 254 g/mol. The van der Waals surface area contributed by atoms with Gasteiger partial charge in [0.15, 0.2) is 5.58 Å². The molecule has 0 aliphatic rings. The van der Waals surface area contributed by atoms with Crippen LogP contribution in [0.4, 0.5) is 6.01 Å². The lowest BCUT2D eigenvalue weighted by Gasteiger charge is -1.99. The van der Waals surface area contributed by atoms with Gasteiger partial charge in [-0.1, -0.05) is 25.3 Å². The zero-order valence-electron chi connectivity index (χ0n) is 11.1. The van der Waals surface area contributed by atoms with Crippen LogP contribution in [-0.2, 0) is 0 Å². The van der Waals surface area contributed by atoms with Crippen LogP contribution in [0.3, 0.4) is 0 Å². The van der Waals surface area contributed by atoms with Crippen LogP contribution in [-0.4, -0.2) is 16.3 Å². The average molecular weight is 269 g/mol. The first-order valence-electron chi connectivity index (χ1n) is 5.96. The summed E-state index contributed by atoms with van der Waals surface area (Å²) in [5.74, 6) is -0.0590. The summed E-state index contributed by atoms with van der Waals surface area (Å²) >= 11 is 0. The number of anilines is 1.